The van der Waals surface area contributed by atoms with Gasteiger partial charge in [0.2, 0.25) is 0 Å². The average molecular weight is 493 g/mol. The highest BCUT2D eigenvalue weighted by Crippen LogP contribution is 2.26. The van der Waals surface area contributed by atoms with Crippen LogP contribution in [0.15, 0.2) is 59.1 Å². The van der Waals surface area contributed by atoms with Crippen LogP contribution in [0.3, 0.4) is 0 Å². The molecular weight excluding hydrogens is 464 g/mol. The largest absolute Gasteiger partial charge is 0.573 e. The molecule has 1 aliphatic heterocycles. The van der Waals surface area contributed by atoms with Crippen molar-refractivity contribution in [2.75, 3.05) is 51.2 Å². The normalized spacial score (nSPS) is 15.1. The van der Waals surface area contributed by atoms with Crippen LogP contribution in [0.2, 0.25) is 0 Å². The summed E-state index contributed by atoms with van der Waals surface area (Å²) >= 11 is 0. The third-order valence-electron chi connectivity index (χ3n) is 5.95. The number of rotatable bonds is 9. The molecule has 6 nitrogen and oxygen atoms in total. The zero-order valence-electron chi connectivity index (χ0n) is 19.5. The van der Waals surface area contributed by atoms with Crippen molar-refractivity contribution in [2.24, 2.45) is 0 Å². The number of alkyl halides is 3. The molecule has 2 heterocycles. The minimum Gasteiger partial charge on any atom is -0.406 e. The molecule has 0 atom stereocenters. The van der Waals surface area contributed by atoms with Crippen LogP contribution >= 0.6 is 0 Å². The fourth-order valence-electron chi connectivity index (χ4n) is 4.14. The van der Waals surface area contributed by atoms with E-state index in [4.69, 9.17) is 4.52 Å². The molecular formula is C25H28F4N4O2. The molecule has 10 heteroatoms. The summed E-state index contributed by atoms with van der Waals surface area (Å²) in [7, 11) is 2.01. The molecule has 0 amide bonds. The molecule has 2 aromatic carbocycles. The first-order chi connectivity index (χ1) is 16.7. The van der Waals surface area contributed by atoms with Gasteiger partial charge in [-0.15, -0.1) is 13.2 Å². The first kappa shape index (κ1) is 25.0. The highest BCUT2D eigenvalue weighted by atomic mass is 19.4. The number of aromatic nitrogens is 1. The van der Waals surface area contributed by atoms with Crippen LogP contribution in [0.1, 0.15) is 12.2 Å². The lowest BCUT2D eigenvalue weighted by Crippen LogP contribution is -2.47. The molecule has 0 saturated carbocycles. The molecule has 1 saturated heterocycles. The standard InChI is InChI=1S/C25H28F4N4O2/c1-31(11-2-12-32-13-15-33(16-14-32)21-7-5-20(26)6-8-21)18-23-17-24(30-35-23)19-3-9-22(10-4-19)34-25(27,28)29/h3-10,17H,2,11-16,18H2,1H3. The van der Waals surface area contributed by atoms with Crippen molar-refractivity contribution in [3.05, 3.63) is 66.2 Å². The lowest BCUT2D eigenvalue weighted by Gasteiger charge is -2.36. The Morgan fingerprint density at radius 3 is 2.34 bits per heavy atom. The number of nitrogens with zero attached hydrogens (tertiary/aromatic N) is 4. The van der Waals surface area contributed by atoms with Gasteiger partial charge in [0.25, 0.3) is 0 Å². The summed E-state index contributed by atoms with van der Waals surface area (Å²) in [5, 5.41) is 4.04. The Morgan fingerprint density at radius 2 is 1.69 bits per heavy atom. The van der Waals surface area contributed by atoms with Gasteiger partial charge in [0.05, 0.1) is 6.54 Å². The van der Waals surface area contributed by atoms with Gasteiger partial charge in [-0.3, -0.25) is 9.80 Å². The van der Waals surface area contributed by atoms with Crippen LogP contribution in [0, 0.1) is 5.82 Å². The van der Waals surface area contributed by atoms with Crippen molar-refractivity contribution < 1.29 is 26.8 Å². The SMILES string of the molecule is CN(CCCN1CCN(c2ccc(F)cc2)CC1)Cc1cc(-c2ccc(OC(F)(F)F)cc2)no1. The zero-order valence-corrected chi connectivity index (χ0v) is 19.5. The van der Waals surface area contributed by atoms with Gasteiger partial charge in [0.1, 0.15) is 17.3 Å². The molecule has 0 bridgehead atoms. The molecule has 1 aromatic heterocycles. The monoisotopic (exact) mass is 492 g/mol. The first-order valence-electron chi connectivity index (χ1n) is 11.5. The Labute approximate surface area is 201 Å². The Morgan fingerprint density at radius 1 is 1.00 bits per heavy atom. The molecule has 3 aromatic rings. The summed E-state index contributed by atoms with van der Waals surface area (Å²) in [6.07, 6.45) is -3.71. The van der Waals surface area contributed by atoms with Crippen molar-refractivity contribution in [1.29, 1.82) is 0 Å². The number of halogens is 4. The summed E-state index contributed by atoms with van der Waals surface area (Å²) in [6.45, 7) is 6.25. The van der Waals surface area contributed by atoms with Gasteiger partial charge in [-0.25, -0.2) is 4.39 Å². The third-order valence-corrected chi connectivity index (χ3v) is 5.95. The van der Waals surface area contributed by atoms with Crippen molar-refractivity contribution in [3.8, 4) is 17.0 Å². The summed E-state index contributed by atoms with van der Waals surface area (Å²) in [6, 6.07) is 14.0. The van der Waals surface area contributed by atoms with E-state index >= 15 is 0 Å². The number of anilines is 1. The van der Waals surface area contributed by atoms with Crippen LogP contribution in [0.4, 0.5) is 23.2 Å². The van der Waals surface area contributed by atoms with Gasteiger partial charge in [0, 0.05) is 43.5 Å². The molecule has 1 aliphatic rings. The van der Waals surface area contributed by atoms with Crippen LogP contribution in [0.5, 0.6) is 5.75 Å². The quantitative estimate of drug-likeness (QED) is 0.391. The van der Waals surface area contributed by atoms with E-state index in [9.17, 15) is 17.6 Å². The van der Waals surface area contributed by atoms with Crippen molar-refractivity contribution in [2.45, 2.75) is 19.3 Å². The molecule has 0 unspecified atom stereocenters. The van der Waals surface area contributed by atoms with Crippen LogP contribution < -0.4 is 9.64 Å². The molecule has 188 valence electrons. The molecule has 0 radical (unpaired) electrons. The van der Waals surface area contributed by atoms with Gasteiger partial charge in [-0.1, -0.05) is 5.16 Å². The molecule has 0 spiro atoms. The summed E-state index contributed by atoms with van der Waals surface area (Å²) in [5.41, 5.74) is 2.27. The molecule has 4 rings (SSSR count). The van der Waals surface area contributed by atoms with E-state index in [0.717, 1.165) is 51.4 Å². The average Bonchev–Trinajstić information content (AvgIpc) is 3.28. The van der Waals surface area contributed by atoms with Crippen LogP contribution in [0.25, 0.3) is 11.3 Å². The van der Waals surface area contributed by atoms with Crippen LogP contribution in [-0.2, 0) is 6.54 Å². The third kappa shape index (κ3) is 7.43. The van der Waals surface area contributed by atoms with Gasteiger partial charge in [-0.2, -0.15) is 0 Å². The minimum atomic E-state index is -4.72. The molecule has 35 heavy (non-hydrogen) atoms. The van der Waals surface area contributed by atoms with Gasteiger partial charge >= 0.3 is 6.36 Å². The maximum Gasteiger partial charge on any atom is 0.573 e. The topological polar surface area (TPSA) is 45.0 Å². The number of piperazine rings is 1. The van der Waals surface area contributed by atoms with Gasteiger partial charge < -0.3 is 14.2 Å². The number of ether oxygens (including phenoxy) is 1. The zero-order chi connectivity index (χ0) is 24.8. The van der Waals surface area contributed by atoms with E-state index in [1.54, 1.807) is 6.07 Å². The van der Waals surface area contributed by atoms with E-state index < -0.39 is 6.36 Å². The minimum absolute atomic E-state index is 0.216. The highest BCUT2D eigenvalue weighted by Gasteiger charge is 2.31. The second-order valence-corrected chi connectivity index (χ2v) is 8.65. The van der Waals surface area contributed by atoms with E-state index in [0.29, 0.717) is 23.6 Å². The molecule has 0 N–H and O–H groups in total. The fourth-order valence-corrected chi connectivity index (χ4v) is 4.14. The maximum atomic E-state index is 13.1. The molecule has 1 fully saturated rings. The number of hydrogen-bond acceptors (Lipinski definition) is 6. The lowest BCUT2D eigenvalue weighted by atomic mass is 10.1. The Hall–Kier alpha value is -3.11. The summed E-state index contributed by atoms with van der Waals surface area (Å²) in [5.74, 6) is 0.194. The number of hydrogen-bond donors (Lipinski definition) is 0. The maximum absolute atomic E-state index is 13.1. The van der Waals surface area contributed by atoms with Gasteiger partial charge in [0.15, 0.2) is 5.76 Å². The van der Waals surface area contributed by atoms with Gasteiger partial charge in [-0.05, 0) is 75.1 Å². The first-order valence-corrected chi connectivity index (χ1v) is 11.5. The van der Waals surface area contributed by atoms with Crippen LogP contribution in [-0.4, -0.2) is 67.6 Å². The smallest absolute Gasteiger partial charge is 0.406 e. The predicted molar refractivity (Wildman–Crippen MR) is 125 cm³/mol. The van der Waals surface area contributed by atoms with Crippen molar-refractivity contribution in [1.82, 2.24) is 15.0 Å². The summed E-state index contributed by atoms with van der Waals surface area (Å²) in [4.78, 5) is 6.87. The Balaban J connectivity index is 1.17. The summed E-state index contributed by atoms with van der Waals surface area (Å²) < 4.78 is 59.3. The Kier molecular flexibility index (Phi) is 7.92. The molecule has 0 aliphatic carbocycles. The second kappa shape index (κ2) is 11.1. The predicted octanol–water partition coefficient (Wildman–Crippen LogP) is 5.02. The Bertz CT molecular complexity index is 1060. The number of benzene rings is 2. The van der Waals surface area contributed by atoms with Crippen molar-refractivity contribution >= 4 is 5.69 Å². The lowest BCUT2D eigenvalue weighted by molar-refractivity contribution is -0.274. The van der Waals surface area contributed by atoms with E-state index in [1.807, 2.05) is 19.2 Å². The highest BCUT2D eigenvalue weighted by molar-refractivity contribution is 5.59. The fraction of sp³-hybridized carbons (Fsp3) is 0.400. The van der Waals surface area contributed by atoms with E-state index in [-0.39, 0.29) is 11.6 Å². The van der Waals surface area contributed by atoms with E-state index in [1.165, 1.54) is 36.4 Å². The van der Waals surface area contributed by atoms with Crippen molar-refractivity contribution in [3.63, 3.8) is 0 Å². The second-order valence-electron chi connectivity index (χ2n) is 8.65. The van der Waals surface area contributed by atoms with E-state index in [2.05, 4.69) is 24.6 Å².